The molecule has 0 rings (SSSR count). The highest BCUT2D eigenvalue weighted by molar-refractivity contribution is 4.82. The van der Waals surface area contributed by atoms with Crippen LogP contribution >= 0.6 is 0 Å². The van der Waals surface area contributed by atoms with Crippen LogP contribution in [0.5, 0.6) is 0 Å². The van der Waals surface area contributed by atoms with Gasteiger partial charge in [0.25, 0.3) is 0 Å². The maximum atomic E-state index is 10.3. The molecule has 104 valence electrons. The summed E-state index contributed by atoms with van der Waals surface area (Å²) in [5.74, 6) is 0. The molecule has 0 heterocycles. The van der Waals surface area contributed by atoms with E-state index in [2.05, 4.69) is 6.92 Å². The average molecular weight is 247 g/mol. The summed E-state index contributed by atoms with van der Waals surface area (Å²) in [6.45, 7) is 4.21. The standard InChI is InChI=1S/C13H29NO3/c1-3-5-6-7-8-9-13(16,4-2)12(14)17-11-10-15/h12,15-16H,3-11,14H2,1-2H3. The van der Waals surface area contributed by atoms with Crippen molar-refractivity contribution in [3.8, 4) is 0 Å². The second-order valence-corrected chi connectivity index (χ2v) is 4.64. The van der Waals surface area contributed by atoms with Gasteiger partial charge in [-0.25, -0.2) is 0 Å². The van der Waals surface area contributed by atoms with E-state index in [0.29, 0.717) is 12.8 Å². The lowest BCUT2D eigenvalue weighted by Crippen LogP contribution is -2.49. The molecule has 0 fully saturated rings. The molecular weight excluding hydrogens is 218 g/mol. The lowest BCUT2D eigenvalue weighted by atomic mass is 9.91. The fourth-order valence-corrected chi connectivity index (χ4v) is 1.89. The van der Waals surface area contributed by atoms with Crippen molar-refractivity contribution in [2.45, 2.75) is 70.6 Å². The second-order valence-electron chi connectivity index (χ2n) is 4.64. The van der Waals surface area contributed by atoms with E-state index >= 15 is 0 Å². The van der Waals surface area contributed by atoms with Gasteiger partial charge in [-0.2, -0.15) is 0 Å². The Morgan fingerprint density at radius 3 is 2.35 bits per heavy atom. The molecule has 17 heavy (non-hydrogen) atoms. The van der Waals surface area contributed by atoms with E-state index in [0.717, 1.165) is 12.8 Å². The van der Waals surface area contributed by atoms with Crippen molar-refractivity contribution in [1.29, 1.82) is 0 Å². The van der Waals surface area contributed by atoms with Gasteiger partial charge in [-0.15, -0.1) is 0 Å². The number of aliphatic hydroxyl groups is 2. The summed E-state index contributed by atoms with van der Waals surface area (Å²) in [5, 5.41) is 19.0. The van der Waals surface area contributed by atoms with E-state index in [1.807, 2.05) is 6.92 Å². The average Bonchev–Trinajstić information content (AvgIpc) is 2.35. The molecule has 4 nitrogen and oxygen atoms in total. The Hall–Kier alpha value is -0.160. The van der Waals surface area contributed by atoms with Crippen LogP contribution in [-0.4, -0.2) is 35.3 Å². The van der Waals surface area contributed by atoms with Crippen LogP contribution in [0.1, 0.15) is 58.8 Å². The van der Waals surface area contributed by atoms with Crippen molar-refractivity contribution in [2.75, 3.05) is 13.2 Å². The number of aliphatic hydroxyl groups excluding tert-OH is 1. The maximum Gasteiger partial charge on any atom is 0.134 e. The van der Waals surface area contributed by atoms with Gasteiger partial charge < -0.3 is 20.7 Å². The summed E-state index contributed by atoms with van der Waals surface area (Å²) < 4.78 is 5.20. The smallest absolute Gasteiger partial charge is 0.134 e. The highest BCUT2D eigenvalue weighted by Gasteiger charge is 2.32. The highest BCUT2D eigenvalue weighted by Crippen LogP contribution is 2.23. The normalized spacial score (nSPS) is 16.8. The Labute approximate surface area is 105 Å². The summed E-state index contributed by atoms with van der Waals surface area (Å²) in [5.41, 5.74) is 4.85. The molecular formula is C13H29NO3. The third-order valence-electron chi connectivity index (χ3n) is 3.24. The van der Waals surface area contributed by atoms with Crippen LogP contribution < -0.4 is 5.73 Å². The fraction of sp³-hybridized carbons (Fsp3) is 1.00. The van der Waals surface area contributed by atoms with Gasteiger partial charge in [-0.3, -0.25) is 0 Å². The Balaban J connectivity index is 3.90. The first kappa shape index (κ1) is 16.8. The van der Waals surface area contributed by atoms with Gasteiger partial charge in [0.1, 0.15) is 11.8 Å². The minimum atomic E-state index is -0.957. The van der Waals surface area contributed by atoms with Gasteiger partial charge in [0.05, 0.1) is 13.2 Å². The number of nitrogens with two attached hydrogens (primary N) is 1. The highest BCUT2D eigenvalue weighted by atomic mass is 16.5. The van der Waals surface area contributed by atoms with Crippen LogP contribution in [0, 0.1) is 0 Å². The van der Waals surface area contributed by atoms with Crippen molar-refractivity contribution < 1.29 is 14.9 Å². The monoisotopic (exact) mass is 247 g/mol. The Kier molecular flexibility index (Phi) is 9.74. The molecule has 0 aliphatic rings. The molecule has 0 bridgehead atoms. The van der Waals surface area contributed by atoms with Gasteiger partial charge in [0, 0.05) is 0 Å². The summed E-state index contributed by atoms with van der Waals surface area (Å²) in [7, 11) is 0. The first-order chi connectivity index (χ1) is 8.10. The van der Waals surface area contributed by atoms with Crippen LogP contribution in [0.2, 0.25) is 0 Å². The predicted octanol–water partition coefficient (Wildman–Crippen LogP) is 1.78. The van der Waals surface area contributed by atoms with E-state index in [9.17, 15) is 5.11 Å². The predicted molar refractivity (Wildman–Crippen MR) is 69.6 cm³/mol. The molecule has 0 aliphatic heterocycles. The number of hydrogen-bond acceptors (Lipinski definition) is 4. The zero-order chi connectivity index (χ0) is 13.1. The lowest BCUT2D eigenvalue weighted by molar-refractivity contribution is -0.118. The summed E-state index contributed by atoms with van der Waals surface area (Å²) >= 11 is 0. The lowest BCUT2D eigenvalue weighted by Gasteiger charge is -2.32. The van der Waals surface area contributed by atoms with Gasteiger partial charge in [-0.05, 0) is 12.8 Å². The summed E-state index contributed by atoms with van der Waals surface area (Å²) in [4.78, 5) is 0. The Morgan fingerprint density at radius 1 is 1.18 bits per heavy atom. The summed E-state index contributed by atoms with van der Waals surface area (Å²) in [6, 6.07) is 0. The van der Waals surface area contributed by atoms with Crippen molar-refractivity contribution in [2.24, 2.45) is 5.73 Å². The van der Waals surface area contributed by atoms with E-state index < -0.39 is 11.8 Å². The van der Waals surface area contributed by atoms with Gasteiger partial charge in [0.2, 0.25) is 0 Å². The van der Waals surface area contributed by atoms with Gasteiger partial charge in [0.15, 0.2) is 0 Å². The molecule has 2 unspecified atom stereocenters. The van der Waals surface area contributed by atoms with E-state index in [1.165, 1.54) is 19.3 Å². The van der Waals surface area contributed by atoms with Crippen LogP contribution in [0.3, 0.4) is 0 Å². The molecule has 4 N–H and O–H groups in total. The molecule has 4 heteroatoms. The number of unbranched alkanes of at least 4 members (excludes halogenated alkanes) is 4. The molecule has 0 amide bonds. The van der Waals surface area contributed by atoms with E-state index in [1.54, 1.807) is 0 Å². The number of ether oxygens (including phenoxy) is 1. The summed E-state index contributed by atoms with van der Waals surface area (Å²) in [6.07, 6.45) is 6.32. The molecule has 0 saturated heterocycles. The van der Waals surface area contributed by atoms with Crippen LogP contribution in [0.4, 0.5) is 0 Å². The van der Waals surface area contributed by atoms with Gasteiger partial charge in [-0.1, -0.05) is 46.0 Å². The number of rotatable bonds is 11. The zero-order valence-corrected chi connectivity index (χ0v) is 11.3. The fourth-order valence-electron chi connectivity index (χ4n) is 1.89. The van der Waals surface area contributed by atoms with Crippen molar-refractivity contribution in [3.05, 3.63) is 0 Å². The SMILES string of the molecule is CCCCCCCC(O)(CC)C(N)OCCO. The maximum absolute atomic E-state index is 10.3. The Bertz CT molecular complexity index is 178. The molecule has 0 aromatic rings. The molecule has 0 radical (unpaired) electrons. The molecule has 0 spiro atoms. The van der Waals surface area contributed by atoms with E-state index in [4.69, 9.17) is 15.6 Å². The topological polar surface area (TPSA) is 75.7 Å². The number of hydrogen-bond donors (Lipinski definition) is 3. The second kappa shape index (κ2) is 9.83. The van der Waals surface area contributed by atoms with Crippen molar-refractivity contribution in [3.63, 3.8) is 0 Å². The zero-order valence-electron chi connectivity index (χ0n) is 11.3. The van der Waals surface area contributed by atoms with Crippen LogP contribution in [0.15, 0.2) is 0 Å². The molecule has 0 aromatic carbocycles. The minimum Gasteiger partial charge on any atom is -0.394 e. The van der Waals surface area contributed by atoms with Crippen LogP contribution in [-0.2, 0) is 4.74 Å². The first-order valence-electron chi connectivity index (χ1n) is 6.81. The molecule has 0 aliphatic carbocycles. The molecule has 0 saturated carbocycles. The van der Waals surface area contributed by atoms with Crippen molar-refractivity contribution >= 4 is 0 Å². The largest absolute Gasteiger partial charge is 0.394 e. The molecule has 2 atom stereocenters. The van der Waals surface area contributed by atoms with Crippen molar-refractivity contribution in [1.82, 2.24) is 0 Å². The third-order valence-corrected chi connectivity index (χ3v) is 3.24. The van der Waals surface area contributed by atoms with Gasteiger partial charge >= 0.3 is 0 Å². The van der Waals surface area contributed by atoms with Crippen LogP contribution in [0.25, 0.3) is 0 Å². The third kappa shape index (κ3) is 6.99. The first-order valence-corrected chi connectivity index (χ1v) is 6.81. The molecule has 0 aromatic heterocycles. The van der Waals surface area contributed by atoms with E-state index in [-0.39, 0.29) is 13.2 Å². The minimum absolute atomic E-state index is 0.0655. The Morgan fingerprint density at radius 2 is 1.82 bits per heavy atom. The quantitative estimate of drug-likeness (QED) is 0.384.